The highest BCUT2D eigenvalue weighted by molar-refractivity contribution is 5.87. The summed E-state index contributed by atoms with van der Waals surface area (Å²) in [6.07, 6.45) is -3.61. The molecular weight excluding hydrogens is 318 g/mol. The standard InChI is InChI=1S/C6H7NO7.C6H10O3/c7-3(13-5(9)10)1-2-4(8)14-6(11)12;7-5-3-9-6-4(5)1-2-8-6/h7H,1-2H2,(H,9,10)(H,11,12);4-7H,1-3H2/t;4-,5-,6+/m.0/s1. The molecule has 0 aliphatic carbocycles. The lowest BCUT2D eigenvalue weighted by molar-refractivity contribution is -0.138. The van der Waals surface area contributed by atoms with Gasteiger partial charge in [-0.15, -0.1) is 0 Å². The Hall–Kier alpha value is -2.24. The SMILES string of the molecule is N=C(CCC(=O)OC(=O)O)OC(=O)O.O[C@H]1CO[C@H]2OCC[C@H]21. The Morgan fingerprint density at radius 1 is 1.09 bits per heavy atom. The summed E-state index contributed by atoms with van der Waals surface area (Å²) in [5.41, 5.74) is 0. The zero-order valence-electron chi connectivity index (χ0n) is 12.0. The number of aliphatic hydroxyl groups is 1. The lowest BCUT2D eigenvalue weighted by atomic mass is 10.0. The maximum Gasteiger partial charge on any atom is 0.513 e. The Morgan fingerprint density at radius 3 is 2.30 bits per heavy atom. The summed E-state index contributed by atoms with van der Waals surface area (Å²) in [4.78, 5) is 30.2. The smallest absolute Gasteiger partial charge is 0.449 e. The minimum absolute atomic E-state index is 0.0972. The van der Waals surface area contributed by atoms with E-state index in [0.29, 0.717) is 6.61 Å². The third-order valence-electron chi connectivity index (χ3n) is 2.98. The molecule has 2 aliphatic heterocycles. The number of aliphatic hydroxyl groups excluding tert-OH is 1. The molecule has 0 aromatic carbocycles. The average Bonchev–Trinajstić information content (AvgIpc) is 3.02. The van der Waals surface area contributed by atoms with E-state index in [1.807, 2.05) is 0 Å². The van der Waals surface area contributed by atoms with Crippen molar-refractivity contribution >= 4 is 24.2 Å². The summed E-state index contributed by atoms with van der Waals surface area (Å²) in [5, 5.41) is 32.0. The van der Waals surface area contributed by atoms with Crippen LogP contribution in [0.25, 0.3) is 0 Å². The Kier molecular flexibility index (Phi) is 7.38. The third-order valence-corrected chi connectivity index (χ3v) is 2.98. The van der Waals surface area contributed by atoms with Gasteiger partial charge in [0.2, 0.25) is 0 Å². The van der Waals surface area contributed by atoms with Gasteiger partial charge in [-0.2, -0.15) is 0 Å². The zero-order chi connectivity index (χ0) is 17.4. The van der Waals surface area contributed by atoms with Crippen molar-refractivity contribution < 1.29 is 48.7 Å². The maximum atomic E-state index is 10.5. The number of carbonyl (C=O) groups is 3. The number of ether oxygens (including phenoxy) is 4. The fraction of sp³-hybridized carbons (Fsp3) is 0.667. The number of hydrogen-bond acceptors (Lipinski definition) is 9. The second-order valence-electron chi connectivity index (χ2n) is 4.62. The summed E-state index contributed by atoms with van der Waals surface area (Å²) in [6, 6.07) is 0. The normalized spacial score (nSPS) is 24.8. The van der Waals surface area contributed by atoms with Crippen LogP contribution in [0.3, 0.4) is 0 Å². The van der Waals surface area contributed by atoms with Gasteiger partial charge in [0.1, 0.15) is 0 Å². The Balaban J connectivity index is 0.000000248. The molecule has 0 unspecified atom stereocenters. The number of fused-ring (bicyclic) bond motifs is 1. The molecule has 2 fully saturated rings. The molecule has 130 valence electrons. The van der Waals surface area contributed by atoms with Crippen LogP contribution in [0.4, 0.5) is 9.59 Å². The predicted octanol–water partition coefficient (Wildman–Crippen LogP) is 0.400. The van der Waals surface area contributed by atoms with Gasteiger partial charge in [0, 0.05) is 12.3 Å². The largest absolute Gasteiger partial charge is 0.513 e. The Bertz CT molecular complexity index is 437. The van der Waals surface area contributed by atoms with E-state index >= 15 is 0 Å². The van der Waals surface area contributed by atoms with Crippen molar-refractivity contribution in [2.75, 3.05) is 13.2 Å². The van der Waals surface area contributed by atoms with Gasteiger partial charge in [0.15, 0.2) is 12.2 Å². The molecule has 0 radical (unpaired) electrons. The van der Waals surface area contributed by atoms with E-state index in [4.69, 9.17) is 25.1 Å². The third kappa shape index (κ3) is 7.04. The molecule has 2 heterocycles. The second-order valence-corrected chi connectivity index (χ2v) is 4.62. The lowest BCUT2D eigenvalue weighted by Gasteiger charge is -2.06. The van der Waals surface area contributed by atoms with E-state index in [1.165, 1.54) is 0 Å². The first kappa shape index (κ1) is 18.8. The van der Waals surface area contributed by atoms with Crippen molar-refractivity contribution in [3.05, 3.63) is 0 Å². The number of carbonyl (C=O) groups excluding carboxylic acids is 1. The van der Waals surface area contributed by atoms with Crippen LogP contribution in [0.15, 0.2) is 0 Å². The van der Waals surface area contributed by atoms with Gasteiger partial charge in [-0.1, -0.05) is 0 Å². The van der Waals surface area contributed by atoms with Crippen molar-refractivity contribution in [2.24, 2.45) is 5.92 Å². The first-order valence-corrected chi connectivity index (χ1v) is 6.62. The minimum atomic E-state index is -1.75. The summed E-state index contributed by atoms with van der Waals surface area (Å²) in [5.74, 6) is -1.47. The molecular formula is C12H17NO10. The van der Waals surface area contributed by atoms with Crippen LogP contribution < -0.4 is 0 Å². The molecule has 0 bridgehead atoms. The van der Waals surface area contributed by atoms with Crippen LogP contribution in [0.2, 0.25) is 0 Å². The van der Waals surface area contributed by atoms with Crippen LogP contribution in [0.1, 0.15) is 19.3 Å². The average molecular weight is 335 g/mol. The lowest BCUT2D eigenvalue weighted by Crippen LogP contribution is -2.18. The first-order valence-electron chi connectivity index (χ1n) is 6.62. The van der Waals surface area contributed by atoms with Gasteiger partial charge in [-0.05, 0) is 6.42 Å². The summed E-state index contributed by atoms with van der Waals surface area (Å²) in [6.45, 7) is 1.20. The zero-order valence-corrected chi connectivity index (χ0v) is 12.0. The van der Waals surface area contributed by atoms with Crippen molar-refractivity contribution in [2.45, 2.75) is 31.7 Å². The van der Waals surface area contributed by atoms with Gasteiger partial charge in [-0.3, -0.25) is 10.2 Å². The van der Waals surface area contributed by atoms with E-state index in [0.717, 1.165) is 13.0 Å². The maximum absolute atomic E-state index is 10.5. The van der Waals surface area contributed by atoms with Crippen molar-refractivity contribution in [1.82, 2.24) is 0 Å². The van der Waals surface area contributed by atoms with Crippen molar-refractivity contribution in [3.8, 4) is 0 Å². The highest BCUT2D eigenvalue weighted by Gasteiger charge is 2.40. The predicted molar refractivity (Wildman–Crippen MR) is 70.0 cm³/mol. The number of rotatable bonds is 3. The van der Waals surface area contributed by atoms with E-state index in [1.54, 1.807) is 0 Å². The number of nitrogens with one attached hydrogen (secondary N) is 1. The fourth-order valence-electron chi connectivity index (χ4n) is 1.96. The van der Waals surface area contributed by atoms with Crippen LogP contribution >= 0.6 is 0 Å². The van der Waals surface area contributed by atoms with Crippen LogP contribution in [0, 0.1) is 11.3 Å². The second kappa shape index (κ2) is 9.02. The molecule has 2 rings (SSSR count). The topological polar surface area (TPSA) is 173 Å². The quantitative estimate of drug-likeness (QED) is 0.244. The fourth-order valence-corrected chi connectivity index (χ4v) is 1.96. The van der Waals surface area contributed by atoms with Gasteiger partial charge in [0.25, 0.3) is 0 Å². The van der Waals surface area contributed by atoms with Gasteiger partial charge < -0.3 is 34.3 Å². The van der Waals surface area contributed by atoms with E-state index in [9.17, 15) is 19.5 Å². The number of carboxylic acid groups (broad SMARTS) is 2. The Labute approximate surface area is 130 Å². The van der Waals surface area contributed by atoms with Crippen LogP contribution in [-0.2, 0) is 23.7 Å². The molecule has 11 nitrogen and oxygen atoms in total. The minimum Gasteiger partial charge on any atom is -0.449 e. The first-order chi connectivity index (χ1) is 10.8. The van der Waals surface area contributed by atoms with Crippen LogP contribution in [-0.4, -0.2) is 65.1 Å². The van der Waals surface area contributed by atoms with Gasteiger partial charge in [-0.25, -0.2) is 9.59 Å². The molecule has 2 aliphatic rings. The molecule has 11 heteroatoms. The monoisotopic (exact) mass is 335 g/mol. The molecule has 0 amide bonds. The van der Waals surface area contributed by atoms with E-state index in [2.05, 4.69) is 9.47 Å². The van der Waals surface area contributed by atoms with Crippen molar-refractivity contribution in [1.29, 1.82) is 5.41 Å². The van der Waals surface area contributed by atoms with E-state index < -0.39 is 30.6 Å². The summed E-state index contributed by atoms with van der Waals surface area (Å²) >= 11 is 0. The molecule has 0 aromatic heterocycles. The molecule has 3 atom stereocenters. The van der Waals surface area contributed by atoms with Crippen LogP contribution in [0.5, 0.6) is 0 Å². The molecule has 0 spiro atoms. The van der Waals surface area contributed by atoms with Crippen molar-refractivity contribution in [3.63, 3.8) is 0 Å². The molecule has 23 heavy (non-hydrogen) atoms. The molecule has 4 N–H and O–H groups in total. The molecule has 0 saturated carbocycles. The van der Waals surface area contributed by atoms with E-state index in [-0.39, 0.29) is 24.7 Å². The van der Waals surface area contributed by atoms with Gasteiger partial charge >= 0.3 is 18.3 Å². The molecule has 0 aromatic rings. The number of esters is 1. The summed E-state index contributed by atoms with van der Waals surface area (Å²) in [7, 11) is 0. The number of hydrogen-bond donors (Lipinski definition) is 4. The highest BCUT2D eigenvalue weighted by atomic mass is 16.7. The highest BCUT2D eigenvalue weighted by Crippen LogP contribution is 2.30. The summed E-state index contributed by atoms with van der Waals surface area (Å²) < 4.78 is 17.8. The Morgan fingerprint density at radius 2 is 1.74 bits per heavy atom. The van der Waals surface area contributed by atoms with Gasteiger partial charge in [0.05, 0.1) is 25.7 Å². The molecule has 2 saturated heterocycles.